The Hall–Kier alpha value is -0.900. The summed E-state index contributed by atoms with van der Waals surface area (Å²) in [5, 5.41) is 7.67. The van der Waals surface area contributed by atoms with E-state index in [1.54, 1.807) is 6.33 Å². The maximum absolute atomic E-state index is 4.36. The van der Waals surface area contributed by atoms with Gasteiger partial charge in [-0.05, 0) is 25.8 Å². The Morgan fingerprint density at radius 2 is 2.38 bits per heavy atom. The minimum absolute atomic E-state index is 0.562. The van der Waals surface area contributed by atoms with Gasteiger partial charge in [-0.1, -0.05) is 19.8 Å². The number of aromatic nitrogens is 3. The van der Waals surface area contributed by atoms with Crippen LogP contribution in [0, 0.1) is 5.92 Å². The monoisotopic (exact) mass is 222 g/mol. The highest BCUT2D eigenvalue weighted by molar-refractivity contribution is 4.91. The van der Waals surface area contributed by atoms with Gasteiger partial charge in [-0.3, -0.25) is 4.68 Å². The zero-order valence-electron chi connectivity index (χ0n) is 10.3. The van der Waals surface area contributed by atoms with Gasteiger partial charge in [0.2, 0.25) is 0 Å². The molecule has 1 fully saturated rings. The molecule has 0 aromatic carbocycles. The topological polar surface area (TPSA) is 42.7 Å². The molecule has 1 atom stereocenters. The second-order valence-electron chi connectivity index (χ2n) is 4.77. The number of hydrogen-bond donors (Lipinski definition) is 1. The number of hydrogen-bond acceptors (Lipinski definition) is 3. The Kier molecular flexibility index (Phi) is 3.93. The molecule has 1 N–H and O–H groups in total. The van der Waals surface area contributed by atoms with Gasteiger partial charge in [0.1, 0.15) is 12.2 Å². The van der Waals surface area contributed by atoms with Crippen LogP contribution in [0.25, 0.3) is 0 Å². The first-order valence-electron chi connectivity index (χ1n) is 6.37. The Balaban J connectivity index is 1.91. The second-order valence-corrected chi connectivity index (χ2v) is 4.77. The molecule has 2 rings (SSSR count). The molecule has 90 valence electrons. The minimum atomic E-state index is 0.562. The summed E-state index contributed by atoms with van der Waals surface area (Å²) < 4.78 is 2.04. The number of nitrogens with zero attached hydrogens (tertiary/aromatic N) is 3. The van der Waals surface area contributed by atoms with E-state index in [2.05, 4.69) is 22.3 Å². The quantitative estimate of drug-likeness (QED) is 0.762. The van der Waals surface area contributed by atoms with Crippen LogP contribution in [0.5, 0.6) is 0 Å². The number of likely N-dealkylation sites (N-methyl/N-ethyl adjacent to an activating group) is 1. The number of rotatable bonds is 7. The van der Waals surface area contributed by atoms with E-state index in [0.717, 1.165) is 31.1 Å². The van der Waals surface area contributed by atoms with Crippen molar-refractivity contribution in [1.29, 1.82) is 0 Å². The molecule has 1 aromatic heterocycles. The summed E-state index contributed by atoms with van der Waals surface area (Å²) in [5.74, 6) is 2.09. The van der Waals surface area contributed by atoms with Crippen molar-refractivity contribution in [2.24, 2.45) is 5.92 Å². The normalized spacial score (nSPS) is 17.6. The van der Waals surface area contributed by atoms with Crippen LogP contribution in [0.2, 0.25) is 0 Å². The van der Waals surface area contributed by atoms with Gasteiger partial charge in [-0.15, -0.1) is 0 Å². The van der Waals surface area contributed by atoms with Crippen molar-refractivity contribution < 1.29 is 0 Å². The molecule has 0 saturated heterocycles. The van der Waals surface area contributed by atoms with Gasteiger partial charge in [-0.25, -0.2) is 4.98 Å². The Morgan fingerprint density at radius 3 is 3.00 bits per heavy atom. The summed E-state index contributed by atoms with van der Waals surface area (Å²) >= 11 is 0. The zero-order chi connectivity index (χ0) is 11.4. The second kappa shape index (κ2) is 5.43. The van der Waals surface area contributed by atoms with Gasteiger partial charge in [-0.2, -0.15) is 5.10 Å². The molecule has 0 amide bonds. The summed E-state index contributed by atoms with van der Waals surface area (Å²) in [6.07, 6.45) is 7.92. The maximum atomic E-state index is 4.36. The first-order chi connectivity index (χ1) is 7.83. The molecule has 0 spiro atoms. The van der Waals surface area contributed by atoms with Crippen LogP contribution in [0.15, 0.2) is 6.33 Å². The summed E-state index contributed by atoms with van der Waals surface area (Å²) in [4.78, 5) is 4.36. The SMILES string of the molecule is CCCn1ncnc1CC(CC1CC1)NC. The van der Waals surface area contributed by atoms with Crippen LogP contribution < -0.4 is 5.32 Å². The summed E-state index contributed by atoms with van der Waals surface area (Å²) in [5.41, 5.74) is 0. The molecule has 16 heavy (non-hydrogen) atoms. The molecule has 1 aromatic rings. The molecule has 1 aliphatic rings. The summed E-state index contributed by atoms with van der Waals surface area (Å²) in [6.45, 7) is 3.15. The third-order valence-corrected chi connectivity index (χ3v) is 3.28. The van der Waals surface area contributed by atoms with Crippen LogP contribution in [0.3, 0.4) is 0 Å². The smallest absolute Gasteiger partial charge is 0.138 e. The molecule has 1 saturated carbocycles. The highest BCUT2D eigenvalue weighted by Gasteiger charge is 2.25. The van der Waals surface area contributed by atoms with Gasteiger partial charge >= 0.3 is 0 Å². The highest BCUT2D eigenvalue weighted by atomic mass is 15.3. The molecule has 4 heteroatoms. The van der Waals surface area contributed by atoms with Crippen molar-refractivity contribution in [3.63, 3.8) is 0 Å². The van der Waals surface area contributed by atoms with Crippen molar-refractivity contribution in [3.05, 3.63) is 12.2 Å². The first-order valence-corrected chi connectivity index (χ1v) is 6.37. The fourth-order valence-corrected chi connectivity index (χ4v) is 2.12. The molecule has 0 aliphatic heterocycles. The molecule has 1 unspecified atom stereocenters. The van der Waals surface area contributed by atoms with Crippen molar-refractivity contribution >= 4 is 0 Å². The van der Waals surface area contributed by atoms with Crippen LogP contribution in [0.1, 0.15) is 38.4 Å². The maximum Gasteiger partial charge on any atom is 0.138 e. The van der Waals surface area contributed by atoms with Crippen LogP contribution in [-0.2, 0) is 13.0 Å². The molecular formula is C12H22N4. The Morgan fingerprint density at radius 1 is 1.56 bits per heavy atom. The predicted molar refractivity (Wildman–Crippen MR) is 64.2 cm³/mol. The van der Waals surface area contributed by atoms with Crippen LogP contribution in [-0.4, -0.2) is 27.9 Å². The average molecular weight is 222 g/mol. The fourth-order valence-electron chi connectivity index (χ4n) is 2.12. The number of aryl methyl sites for hydroxylation is 1. The number of nitrogens with one attached hydrogen (secondary N) is 1. The molecule has 1 heterocycles. The van der Waals surface area contributed by atoms with Gasteiger partial charge in [0.05, 0.1) is 0 Å². The predicted octanol–water partition coefficient (Wildman–Crippen LogP) is 1.62. The fraction of sp³-hybridized carbons (Fsp3) is 0.833. The highest BCUT2D eigenvalue weighted by Crippen LogP contribution is 2.33. The van der Waals surface area contributed by atoms with E-state index in [4.69, 9.17) is 0 Å². The Labute approximate surface area is 97.5 Å². The summed E-state index contributed by atoms with van der Waals surface area (Å²) in [6, 6.07) is 0.562. The van der Waals surface area contributed by atoms with Crippen molar-refractivity contribution in [2.45, 2.75) is 51.6 Å². The van der Waals surface area contributed by atoms with Crippen molar-refractivity contribution in [3.8, 4) is 0 Å². The standard InChI is InChI=1S/C12H22N4/c1-3-6-16-12(14-9-15-16)8-11(13-2)7-10-4-5-10/h9-11,13H,3-8H2,1-2H3. The molecule has 4 nitrogen and oxygen atoms in total. The van der Waals surface area contributed by atoms with E-state index in [1.165, 1.54) is 19.3 Å². The van der Waals surface area contributed by atoms with Gasteiger partial charge in [0.15, 0.2) is 0 Å². The van der Waals surface area contributed by atoms with E-state index < -0.39 is 0 Å². The third-order valence-electron chi connectivity index (χ3n) is 3.28. The van der Waals surface area contributed by atoms with Gasteiger partial charge in [0, 0.05) is 19.0 Å². The Bertz CT molecular complexity index is 317. The molecular weight excluding hydrogens is 200 g/mol. The van der Waals surface area contributed by atoms with E-state index in [9.17, 15) is 0 Å². The lowest BCUT2D eigenvalue weighted by Gasteiger charge is -2.15. The zero-order valence-corrected chi connectivity index (χ0v) is 10.3. The van der Waals surface area contributed by atoms with Crippen molar-refractivity contribution in [2.75, 3.05) is 7.05 Å². The third kappa shape index (κ3) is 3.04. The lowest BCUT2D eigenvalue weighted by Crippen LogP contribution is -2.29. The van der Waals surface area contributed by atoms with Crippen LogP contribution >= 0.6 is 0 Å². The van der Waals surface area contributed by atoms with E-state index in [-0.39, 0.29) is 0 Å². The molecule has 0 bridgehead atoms. The van der Waals surface area contributed by atoms with Gasteiger partial charge < -0.3 is 5.32 Å². The van der Waals surface area contributed by atoms with Gasteiger partial charge in [0.25, 0.3) is 0 Å². The van der Waals surface area contributed by atoms with Crippen molar-refractivity contribution in [1.82, 2.24) is 20.1 Å². The molecule has 0 radical (unpaired) electrons. The average Bonchev–Trinajstić information content (AvgIpc) is 3.00. The lowest BCUT2D eigenvalue weighted by molar-refractivity contribution is 0.461. The first kappa shape index (κ1) is 11.6. The van der Waals surface area contributed by atoms with E-state index in [1.807, 2.05) is 11.7 Å². The lowest BCUT2D eigenvalue weighted by atomic mass is 10.1. The minimum Gasteiger partial charge on any atom is -0.317 e. The largest absolute Gasteiger partial charge is 0.317 e. The van der Waals surface area contributed by atoms with E-state index >= 15 is 0 Å². The summed E-state index contributed by atoms with van der Waals surface area (Å²) in [7, 11) is 2.05. The van der Waals surface area contributed by atoms with E-state index in [0.29, 0.717) is 6.04 Å². The molecule has 1 aliphatic carbocycles. The van der Waals surface area contributed by atoms with Crippen LogP contribution in [0.4, 0.5) is 0 Å².